The van der Waals surface area contributed by atoms with Crippen LogP contribution in [0.5, 0.6) is 0 Å². The molecular formula is C17H18F2N2O. The van der Waals surface area contributed by atoms with Gasteiger partial charge in [-0.1, -0.05) is 60.7 Å². The number of hydrogen-bond donors (Lipinski definition) is 2. The molecular weight excluding hydrogens is 286 g/mol. The van der Waals surface area contributed by atoms with Crippen molar-refractivity contribution in [3.63, 3.8) is 0 Å². The van der Waals surface area contributed by atoms with Crippen molar-refractivity contribution in [3.05, 3.63) is 71.8 Å². The summed E-state index contributed by atoms with van der Waals surface area (Å²) in [5, 5.41) is 2.65. The van der Waals surface area contributed by atoms with E-state index in [2.05, 4.69) is 5.32 Å². The van der Waals surface area contributed by atoms with Gasteiger partial charge in [-0.15, -0.1) is 0 Å². The average Bonchev–Trinajstić information content (AvgIpc) is 2.53. The van der Waals surface area contributed by atoms with E-state index in [0.29, 0.717) is 0 Å². The van der Waals surface area contributed by atoms with Crippen LogP contribution in [0.3, 0.4) is 0 Å². The maximum Gasteiger partial charge on any atom is 0.297 e. The van der Waals surface area contributed by atoms with Crippen LogP contribution in [-0.4, -0.2) is 11.9 Å². The first-order chi connectivity index (χ1) is 10.4. The molecule has 0 unspecified atom stereocenters. The first kappa shape index (κ1) is 16.1. The van der Waals surface area contributed by atoms with Crippen molar-refractivity contribution < 1.29 is 13.6 Å². The molecule has 22 heavy (non-hydrogen) atoms. The summed E-state index contributed by atoms with van der Waals surface area (Å²) in [4.78, 5) is 11.6. The van der Waals surface area contributed by atoms with Crippen LogP contribution in [0.25, 0.3) is 0 Å². The highest BCUT2D eigenvalue weighted by atomic mass is 19.3. The molecule has 5 heteroatoms. The van der Waals surface area contributed by atoms with E-state index >= 15 is 0 Å². The molecule has 2 aromatic rings. The highest BCUT2D eigenvalue weighted by molar-refractivity contribution is 5.81. The van der Waals surface area contributed by atoms with Crippen molar-refractivity contribution in [2.24, 2.45) is 5.73 Å². The van der Waals surface area contributed by atoms with Crippen molar-refractivity contribution in [1.82, 2.24) is 5.32 Å². The van der Waals surface area contributed by atoms with E-state index in [4.69, 9.17) is 5.73 Å². The Balaban J connectivity index is 2.25. The molecule has 0 saturated carbocycles. The molecule has 0 heterocycles. The summed E-state index contributed by atoms with van der Waals surface area (Å²) in [6.07, 6.45) is 0. The van der Waals surface area contributed by atoms with Crippen molar-refractivity contribution in [2.45, 2.75) is 24.9 Å². The number of hydrogen-bond acceptors (Lipinski definition) is 2. The number of rotatable bonds is 6. The number of amides is 1. The van der Waals surface area contributed by atoms with Gasteiger partial charge in [0, 0.05) is 11.6 Å². The van der Waals surface area contributed by atoms with Crippen LogP contribution < -0.4 is 11.1 Å². The number of benzene rings is 2. The Bertz CT molecular complexity index is 617. The quantitative estimate of drug-likeness (QED) is 0.862. The van der Waals surface area contributed by atoms with E-state index in [9.17, 15) is 13.6 Å². The topological polar surface area (TPSA) is 55.1 Å². The number of halogens is 2. The van der Waals surface area contributed by atoms with E-state index in [1.165, 1.54) is 24.3 Å². The second-order valence-corrected chi connectivity index (χ2v) is 5.12. The Morgan fingerprint density at radius 2 is 1.55 bits per heavy atom. The lowest BCUT2D eigenvalue weighted by Gasteiger charge is -2.28. The molecule has 0 fully saturated rings. The van der Waals surface area contributed by atoms with E-state index < -0.39 is 23.9 Å². The van der Waals surface area contributed by atoms with Gasteiger partial charge < -0.3 is 5.73 Å². The molecule has 1 amide bonds. The van der Waals surface area contributed by atoms with Crippen molar-refractivity contribution >= 4 is 5.91 Å². The van der Waals surface area contributed by atoms with Gasteiger partial charge in [-0.05, 0) is 12.5 Å². The molecule has 0 bridgehead atoms. The lowest BCUT2D eigenvalue weighted by Crippen LogP contribution is -2.52. The second kappa shape index (κ2) is 6.66. The highest BCUT2D eigenvalue weighted by Gasteiger charge is 2.45. The Labute approximate surface area is 128 Å². The standard InChI is InChI=1S/C17H18F2N2O/c1-12(13-8-4-2-5-9-13)21-15(16(20)22)17(18,19)14-10-6-3-7-11-14/h2-12,15,21H,1H3,(H2,20,22)/t12-,15+/m0/s1. The third-order valence-corrected chi connectivity index (χ3v) is 3.52. The molecule has 0 aliphatic carbocycles. The third kappa shape index (κ3) is 3.49. The average molecular weight is 304 g/mol. The lowest BCUT2D eigenvalue weighted by atomic mass is 9.98. The maximum atomic E-state index is 14.6. The fourth-order valence-corrected chi connectivity index (χ4v) is 2.28. The van der Waals surface area contributed by atoms with Crippen LogP contribution >= 0.6 is 0 Å². The number of alkyl halides is 2. The molecule has 0 aromatic heterocycles. The van der Waals surface area contributed by atoms with Crippen molar-refractivity contribution in [3.8, 4) is 0 Å². The van der Waals surface area contributed by atoms with Gasteiger partial charge >= 0.3 is 0 Å². The molecule has 2 aromatic carbocycles. The Kier molecular flexibility index (Phi) is 4.88. The number of carbonyl (C=O) groups excluding carboxylic acids is 1. The van der Waals surface area contributed by atoms with Crippen molar-refractivity contribution in [2.75, 3.05) is 0 Å². The molecule has 116 valence electrons. The van der Waals surface area contributed by atoms with Gasteiger partial charge in [0.1, 0.15) is 0 Å². The van der Waals surface area contributed by atoms with Gasteiger partial charge in [-0.3, -0.25) is 10.1 Å². The van der Waals surface area contributed by atoms with Gasteiger partial charge in [0.25, 0.3) is 5.92 Å². The predicted octanol–water partition coefficient (Wildman–Crippen LogP) is 2.98. The zero-order valence-electron chi connectivity index (χ0n) is 12.2. The number of primary amides is 1. The molecule has 3 nitrogen and oxygen atoms in total. The Morgan fingerprint density at radius 1 is 1.05 bits per heavy atom. The molecule has 0 spiro atoms. The fraction of sp³-hybridized carbons (Fsp3) is 0.235. The van der Waals surface area contributed by atoms with Crippen LogP contribution in [0.15, 0.2) is 60.7 Å². The largest absolute Gasteiger partial charge is 0.368 e. The first-order valence-electron chi connectivity index (χ1n) is 6.96. The summed E-state index contributed by atoms with van der Waals surface area (Å²) in [6.45, 7) is 1.71. The minimum Gasteiger partial charge on any atom is -0.368 e. The monoisotopic (exact) mass is 304 g/mol. The van der Waals surface area contributed by atoms with Gasteiger partial charge in [0.2, 0.25) is 5.91 Å². The zero-order valence-corrected chi connectivity index (χ0v) is 12.2. The molecule has 3 N–H and O–H groups in total. The summed E-state index contributed by atoms with van der Waals surface area (Å²) >= 11 is 0. The SMILES string of the molecule is C[C@H](N[C@H](C(N)=O)C(F)(F)c1ccccc1)c1ccccc1. The molecule has 2 atom stereocenters. The van der Waals surface area contributed by atoms with E-state index in [-0.39, 0.29) is 5.56 Å². The van der Waals surface area contributed by atoms with E-state index in [1.54, 1.807) is 25.1 Å². The summed E-state index contributed by atoms with van der Waals surface area (Å²) in [5.74, 6) is -4.48. The van der Waals surface area contributed by atoms with Crippen LogP contribution in [0.2, 0.25) is 0 Å². The van der Waals surface area contributed by atoms with Gasteiger partial charge in [0.05, 0.1) is 0 Å². The van der Waals surface area contributed by atoms with Crippen LogP contribution in [0, 0.1) is 0 Å². The van der Waals surface area contributed by atoms with E-state index in [0.717, 1.165) is 5.56 Å². The first-order valence-corrected chi connectivity index (χ1v) is 6.96. The van der Waals surface area contributed by atoms with Crippen LogP contribution in [-0.2, 0) is 10.7 Å². The van der Waals surface area contributed by atoms with Crippen molar-refractivity contribution in [1.29, 1.82) is 0 Å². The third-order valence-electron chi connectivity index (χ3n) is 3.52. The number of carbonyl (C=O) groups is 1. The summed E-state index contributed by atoms with van der Waals surface area (Å²) in [7, 11) is 0. The molecule has 0 radical (unpaired) electrons. The van der Waals surface area contributed by atoms with Crippen LogP contribution in [0.4, 0.5) is 8.78 Å². The predicted molar refractivity (Wildman–Crippen MR) is 81.3 cm³/mol. The van der Waals surface area contributed by atoms with Gasteiger partial charge in [0.15, 0.2) is 6.04 Å². The zero-order chi connectivity index (χ0) is 16.2. The molecule has 2 rings (SSSR count). The van der Waals surface area contributed by atoms with Gasteiger partial charge in [-0.25, -0.2) is 0 Å². The Hall–Kier alpha value is -2.27. The summed E-state index contributed by atoms with van der Waals surface area (Å²) in [5.41, 5.74) is 5.76. The normalized spacial score (nSPS) is 14.3. The molecule has 0 saturated heterocycles. The Morgan fingerprint density at radius 3 is 2.05 bits per heavy atom. The van der Waals surface area contributed by atoms with E-state index in [1.807, 2.05) is 18.2 Å². The van der Waals surface area contributed by atoms with Crippen LogP contribution in [0.1, 0.15) is 24.1 Å². The lowest BCUT2D eigenvalue weighted by molar-refractivity contribution is -0.132. The fourth-order valence-electron chi connectivity index (χ4n) is 2.28. The molecule has 0 aliphatic heterocycles. The number of nitrogens with one attached hydrogen (secondary N) is 1. The van der Waals surface area contributed by atoms with Gasteiger partial charge in [-0.2, -0.15) is 8.78 Å². The minimum absolute atomic E-state index is 0.244. The summed E-state index contributed by atoms with van der Waals surface area (Å²) < 4.78 is 29.2. The smallest absolute Gasteiger partial charge is 0.297 e. The molecule has 0 aliphatic rings. The summed E-state index contributed by atoms with van der Waals surface area (Å²) in [6, 6.07) is 14.0. The number of nitrogens with two attached hydrogens (primary N) is 1. The second-order valence-electron chi connectivity index (χ2n) is 5.12. The maximum absolute atomic E-state index is 14.6. The highest BCUT2D eigenvalue weighted by Crippen LogP contribution is 2.32. The minimum atomic E-state index is -3.39.